The second kappa shape index (κ2) is 6.70. The molecule has 1 N–H and O–H groups in total. The van der Waals surface area contributed by atoms with Crippen LogP contribution in [-0.2, 0) is 14.6 Å². The van der Waals surface area contributed by atoms with Crippen molar-refractivity contribution in [2.75, 3.05) is 11.6 Å². The summed E-state index contributed by atoms with van der Waals surface area (Å²) < 4.78 is 42.0. The fraction of sp³-hybridized carbons (Fsp3) is 0.300. The quantitative estimate of drug-likeness (QED) is 0.714. The molecule has 0 bridgehead atoms. The number of hydrogen-bond donors (Lipinski definition) is 1. The van der Waals surface area contributed by atoms with Gasteiger partial charge in [0.15, 0.2) is 20.2 Å². The predicted octanol–water partition coefficient (Wildman–Crippen LogP) is 3.93. The maximum atomic E-state index is 13.1. The van der Waals surface area contributed by atoms with Gasteiger partial charge in [-0.25, -0.2) is 17.8 Å². The van der Waals surface area contributed by atoms with Gasteiger partial charge in [-0.3, -0.25) is 4.79 Å². The number of anilines is 1. The largest absolute Gasteiger partial charge is 0.436 e. The van der Waals surface area contributed by atoms with Crippen molar-refractivity contribution in [1.29, 1.82) is 0 Å². The first-order valence-electron chi connectivity index (χ1n) is 8.96. The molecule has 3 aromatic rings. The van der Waals surface area contributed by atoms with Crippen molar-refractivity contribution in [1.82, 2.24) is 4.98 Å². The summed E-state index contributed by atoms with van der Waals surface area (Å²) >= 11 is 0. The third-order valence-corrected chi connectivity index (χ3v) is 7.29. The molecule has 0 unspecified atom stereocenters. The molecule has 4 rings (SSSR count). The number of carbonyl (C=O) groups excluding carboxylic acids is 1. The van der Waals surface area contributed by atoms with Crippen molar-refractivity contribution >= 4 is 32.5 Å². The molecule has 1 aliphatic rings. The fourth-order valence-corrected chi connectivity index (χ4v) is 5.09. The highest BCUT2D eigenvalue weighted by molar-refractivity contribution is 7.92. The minimum atomic E-state index is -3.54. The lowest BCUT2D eigenvalue weighted by molar-refractivity contribution is -0.118. The van der Waals surface area contributed by atoms with Gasteiger partial charge in [0.1, 0.15) is 11.3 Å². The molecule has 0 saturated heterocycles. The van der Waals surface area contributed by atoms with Crippen LogP contribution in [0.1, 0.15) is 25.7 Å². The summed E-state index contributed by atoms with van der Waals surface area (Å²) in [6.07, 6.45) is 3.20. The minimum absolute atomic E-state index is 0.330. The van der Waals surface area contributed by atoms with E-state index in [1.165, 1.54) is 12.1 Å². The fourth-order valence-electron chi connectivity index (χ4n) is 3.68. The first-order chi connectivity index (χ1) is 13.3. The molecule has 0 atom stereocenters. The molecule has 1 aromatic heterocycles. The zero-order valence-corrected chi connectivity index (χ0v) is 16.1. The van der Waals surface area contributed by atoms with Crippen LogP contribution >= 0.6 is 0 Å². The van der Waals surface area contributed by atoms with Crippen molar-refractivity contribution < 1.29 is 22.0 Å². The number of carbonyl (C=O) groups is 1. The first kappa shape index (κ1) is 18.6. The number of oxazole rings is 1. The van der Waals surface area contributed by atoms with Crippen molar-refractivity contribution in [2.45, 2.75) is 30.4 Å². The number of aromatic nitrogens is 1. The second-order valence-electron chi connectivity index (χ2n) is 7.14. The van der Waals surface area contributed by atoms with Crippen molar-refractivity contribution in [3.05, 3.63) is 48.3 Å². The van der Waals surface area contributed by atoms with E-state index in [1.807, 2.05) is 0 Å². The monoisotopic (exact) mass is 402 g/mol. The molecule has 1 heterocycles. The molecular formula is C20H19FN2O4S. The maximum absolute atomic E-state index is 13.1. The lowest BCUT2D eigenvalue weighted by Crippen LogP contribution is -2.47. The van der Waals surface area contributed by atoms with E-state index in [-0.39, 0.29) is 5.82 Å². The number of nitrogens with one attached hydrogen (secondary N) is 1. The Morgan fingerprint density at radius 1 is 1.14 bits per heavy atom. The predicted molar refractivity (Wildman–Crippen MR) is 104 cm³/mol. The van der Waals surface area contributed by atoms with E-state index in [9.17, 15) is 17.6 Å². The summed E-state index contributed by atoms with van der Waals surface area (Å²) in [5.74, 6) is -0.524. The van der Waals surface area contributed by atoms with Gasteiger partial charge < -0.3 is 9.73 Å². The smallest absolute Gasteiger partial charge is 0.245 e. The molecule has 6 nitrogen and oxygen atoms in total. The van der Waals surface area contributed by atoms with Crippen LogP contribution in [0.5, 0.6) is 0 Å². The number of rotatable bonds is 4. The molecule has 1 fully saturated rings. The van der Waals surface area contributed by atoms with Gasteiger partial charge >= 0.3 is 0 Å². The van der Waals surface area contributed by atoms with Crippen LogP contribution in [-0.4, -0.2) is 30.3 Å². The van der Waals surface area contributed by atoms with E-state index in [1.54, 1.807) is 30.3 Å². The van der Waals surface area contributed by atoms with Gasteiger partial charge in [0.05, 0.1) is 0 Å². The lowest BCUT2D eigenvalue weighted by Gasteiger charge is -2.25. The molecule has 1 aliphatic carbocycles. The maximum Gasteiger partial charge on any atom is 0.245 e. The lowest BCUT2D eigenvalue weighted by atomic mass is 10.1. The molecule has 1 saturated carbocycles. The number of benzene rings is 2. The zero-order chi connectivity index (χ0) is 19.9. The van der Waals surface area contributed by atoms with Crippen LogP contribution in [0.4, 0.5) is 10.1 Å². The van der Waals surface area contributed by atoms with Crippen molar-refractivity contribution in [3.63, 3.8) is 0 Å². The Kier molecular flexibility index (Phi) is 4.45. The van der Waals surface area contributed by atoms with Crippen LogP contribution in [0.3, 0.4) is 0 Å². The van der Waals surface area contributed by atoms with Crippen LogP contribution in [0.2, 0.25) is 0 Å². The van der Waals surface area contributed by atoms with E-state index in [4.69, 9.17) is 4.42 Å². The topological polar surface area (TPSA) is 89.3 Å². The van der Waals surface area contributed by atoms with E-state index in [0.717, 1.165) is 6.26 Å². The van der Waals surface area contributed by atoms with E-state index in [0.29, 0.717) is 53.9 Å². The summed E-state index contributed by atoms with van der Waals surface area (Å²) in [4.78, 5) is 17.2. The molecule has 146 valence electrons. The van der Waals surface area contributed by atoms with Gasteiger partial charge in [-0.2, -0.15) is 0 Å². The molecule has 2 aromatic carbocycles. The van der Waals surface area contributed by atoms with Crippen molar-refractivity contribution in [2.24, 2.45) is 0 Å². The number of hydrogen-bond acceptors (Lipinski definition) is 5. The average Bonchev–Trinajstić information content (AvgIpc) is 3.29. The molecule has 0 radical (unpaired) electrons. The number of fused-ring (bicyclic) bond motifs is 1. The molecule has 8 heteroatoms. The molecule has 0 aliphatic heterocycles. The van der Waals surface area contributed by atoms with E-state index >= 15 is 0 Å². The number of halogens is 1. The Hall–Kier alpha value is -2.74. The van der Waals surface area contributed by atoms with Crippen LogP contribution in [0.15, 0.2) is 46.9 Å². The summed E-state index contributed by atoms with van der Waals surface area (Å²) in [7, 11) is -3.54. The summed E-state index contributed by atoms with van der Waals surface area (Å²) in [6, 6.07) is 10.7. The van der Waals surface area contributed by atoms with Gasteiger partial charge in [0.2, 0.25) is 11.8 Å². The third-order valence-electron chi connectivity index (χ3n) is 5.27. The molecule has 0 spiro atoms. The number of sulfone groups is 1. The van der Waals surface area contributed by atoms with Gasteiger partial charge in [0.25, 0.3) is 0 Å². The second-order valence-corrected chi connectivity index (χ2v) is 9.46. The first-order valence-corrected chi connectivity index (χ1v) is 10.9. The van der Waals surface area contributed by atoms with E-state index < -0.39 is 20.5 Å². The van der Waals surface area contributed by atoms with Gasteiger partial charge in [-0.1, -0.05) is 12.8 Å². The molecular weight excluding hydrogens is 383 g/mol. The number of amides is 1. The Balaban J connectivity index is 1.63. The molecule has 1 amide bonds. The Bertz CT molecular complexity index is 1150. The minimum Gasteiger partial charge on any atom is -0.436 e. The van der Waals surface area contributed by atoms with Gasteiger partial charge in [0, 0.05) is 23.6 Å². The zero-order valence-electron chi connectivity index (χ0n) is 15.2. The summed E-state index contributed by atoms with van der Waals surface area (Å²) in [5.41, 5.74) is 2.09. The van der Waals surface area contributed by atoms with Crippen LogP contribution < -0.4 is 5.32 Å². The van der Waals surface area contributed by atoms with Crippen LogP contribution in [0, 0.1) is 5.82 Å². The standard InChI is InChI=1S/C20H19FN2O4S/c1-28(25,26)20(10-2-3-11-20)19(24)22-15-8-9-16-17(12-15)27-18(23-16)13-4-6-14(21)7-5-13/h4-9,12H,2-3,10-11H2,1H3,(H,22,24). The van der Waals surface area contributed by atoms with Gasteiger partial charge in [-0.05, 0) is 49.2 Å². The normalized spacial score (nSPS) is 16.4. The highest BCUT2D eigenvalue weighted by Crippen LogP contribution is 2.38. The highest BCUT2D eigenvalue weighted by Gasteiger charge is 2.49. The van der Waals surface area contributed by atoms with E-state index in [2.05, 4.69) is 10.3 Å². The Morgan fingerprint density at radius 3 is 2.46 bits per heavy atom. The summed E-state index contributed by atoms with van der Waals surface area (Å²) in [6.45, 7) is 0. The Morgan fingerprint density at radius 2 is 1.82 bits per heavy atom. The number of nitrogens with zero attached hydrogens (tertiary/aromatic N) is 1. The third kappa shape index (κ3) is 3.17. The molecule has 28 heavy (non-hydrogen) atoms. The Labute approximate surface area is 161 Å². The summed E-state index contributed by atoms with van der Waals surface area (Å²) in [5, 5.41) is 2.72. The SMILES string of the molecule is CS(=O)(=O)C1(C(=O)Nc2ccc3nc(-c4ccc(F)cc4)oc3c2)CCCC1. The van der Waals surface area contributed by atoms with Crippen molar-refractivity contribution in [3.8, 4) is 11.5 Å². The average molecular weight is 402 g/mol. The highest BCUT2D eigenvalue weighted by atomic mass is 32.2. The van der Waals surface area contributed by atoms with Crippen LogP contribution in [0.25, 0.3) is 22.6 Å². The van der Waals surface area contributed by atoms with Gasteiger partial charge in [-0.15, -0.1) is 0 Å².